The van der Waals surface area contributed by atoms with E-state index in [0.29, 0.717) is 74.1 Å². The number of benzene rings is 3. The van der Waals surface area contributed by atoms with Crippen LogP contribution in [0.1, 0.15) is 67.3 Å². The summed E-state index contributed by atoms with van der Waals surface area (Å²) < 4.78 is 15.8. The fourth-order valence-electron chi connectivity index (χ4n) is 7.48. The van der Waals surface area contributed by atoms with Crippen LogP contribution in [0.5, 0.6) is 11.5 Å². The topological polar surface area (TPSA) is 98.8 Å². The third-order valence-electron chi connectivity index (χ3n) is 9.81. The first-order chi connectivity index (χ1) is 23.5. The number of nitrogens with zero attached hydrogens (tertiary/aromatic N) is 4. The van der Waals surface area contributed by atoms with E-state index >= 15 is 0 Å². The second-order valence-corrected chi connectivity index (χ2v) is 13.8. The molecule has 11 heteroatoms. The van der Waals surface area contributed by atoms with Crippen molar-refractivity contribution in [1.82, 2.24) is 14.3 Å². The number of ether oxygens (including phenoxy) is 2. The summed E-state index contributed by atoms with van der Waals surface area (Å²) in [6.45, 7) is 9.80. The van der Waals surface area contributed by atoms with Crippen LogP contribution in [0.25, 0.3) is 22.0 Å². The maximum Gasteiger partial charge on any atom is 0.339 e. The number of carbonyl (C=O) groups excluding carboxylic acids is 1. The highest BCUT2D eigenvalue weighted by Gasteiger charge is 2.34. The zero-order valence-electron chi connectivity index (χ0n) is 28.2. The lowest BCUT2D eigenvalue weighted by atomic mass is 9.98. The van der Waals surface area contributed by atoms with Crippen LogP contribution in [0.2, 0.25) is 10.0 Å². The third kappa shape index (κ3) is 5.63. The van der Waals surface area contributed by atoms with Crippen LogP contribution in [-0.4, -0.2) is 51.1 Å². The standard InChI is InChI=1S/C38H38Cl2N4O5/c1-20-16-26(17-21(2)33(20)40)48-14-6-8-27-28-9-10-30(39)32(31-22(3)41-42(5)23(31)4)34(28)44-13-7-12-43(37(45)35(27)44)25-18-24-11-15-49-36(24)29(19-25)38(46)47/h9-10,16-19H,6-8,11-15H2,1-5H3,(H,46,47). The molecule has 0 bridgehead atoms. The molecule has 0 fully saturated rings. The molecule has 2 aromatic heterocycles. The van der Waals surface area contributed by atoms with Gasteiger partial charge in [0.15, 0.2) is 0 Å². The number of carboxylic acid groups (broad SMARTS) is 1. The largest absolute Gasteiger partial charge is 0.494 e. The number of amides is 1. The van der Waals surface area contributed by atoms with Crippen molar-refractivity contribution < 1.29 is 24.2 Å². The average Bonchev–Trinajstić information content (AvgIpc) is 3.69. The molecule has 0 atom stereocenters. The number of carboxylic acids is 1. The van der Waals surface area contributed by atoms with Crippen molar-refractivity contribution in [3.05, 3.63) is 91.3 Å². The van der Waals surface area contributed by atoms with Crippen LogP contribution in [0, 0.1) is 27.7 Å². The van der Waals surface area contributed by atoms with E-state index < -0.39 is 5.97 Å². The first kappa shape index (κ1) is 33.0. The van der Waals surface area contributed by atoms with Gasteiger partial charge in [-0.15, -0.1) is 0 Å². The Hall–Kier alpha value is -4.47. The minimum absolute atomic E-state index is 0.0734. The van der Waals surface area contributed by atoms with Gasteiger partial charge in [0.1, 0.15) is 22.8 Å². The first-order valence-electron chi connectivity index (χ1n) is 16.5. The Bertz CT molecular complexity index is 2160. The van der Waals surface area contributed by atoms with Crippen molar-refractivity contribution in [2.75, 3.05) is 24.7 Å². The first-order valence-corrected chi connectivity index (χ1v) is 17.3. The number of rotatable bonds is 8. The number of halogens is 2. The molecule has 0 aliphatic carbocycles. The van der Waals surface area contributed by atoms with Gasteiger partial charge in [-0.1, -0.05) is 29.3 Å². The molecule has 0 saturated carbocycles. The monoisotopic (exact) mass is 700 g/mol. The summed E-state index contributed by atoms with van der Waals surface area (Å²) in [7, 11) is 1.92. The van der Waals surface area contributed by atoms with Gasteiger partial charge in [-0.2, -0.15) is 5.10 Å². The van der Waals surface area contributed by atoms with E-state index in [0.717, 1.165) is 66.4 Å². The lowest BCUT2D eigenvalue weighted by molar-refractivity contribution is 0.0692. The molecule has 7 rings (SSSR count). The molecular weight excluding hydrogens is 663 g/mol. The minimum atomic E-state index is -1.08. The Kier molecular flexibility index (Phi) is 8.61. The van der Waals surface area contributed by atoms with Crippen LogP contribution >= 0.6 is 23.2 Å². The van der Waals surface area contributed by atoms with Gasteiger partial charge in [-0.05, 0) is 94.0 Å². The highest BCUT2D eigenvalue weighted by Crippen LogP contribution is 2.44. The molecular formula is C38H38Cl2N4O5. The Balaban J connectivity index is 1.35. The molecule has 2 aliphatic rings. The Morgan fingerprint density at radius 2 is 1.80 bits per heavy atom. The van der Waals surface area contributed by atoms with Gasteiger partial charge in [-0.3, -0.25) is 9.48 Å². The van der Waals surface area contributed by atoms with Gasteiger partial charge in [0.2, 0.25) is 0 Å². The fourth-order valence-corrected chi connectivity index (χ4v) is 7.84. The van der Waals surface area contributed by atoms with Gasteiger partial charge in [0.05, 0.1) is 29.4 Å². The highest BCUT2D eigenvalue weighted by atomic mass is 35.5. The average molecular weight is 702 g/mol. The van der Waals surface area contributed by atoms with Crippen molar-refractivity contribution in [2.45, 2.75) is 59.9 Å². The maximum atomic E-state index is 14.9. The van der Waals surface area contributed by atoms with Crippen molar-refractivity contribution >= 4 is 51.7 Å². The van der Waals surface area contributed by atoms with E-state index in [1.165, 1.54) is 0 Å². The molecule has 49 heavy (non-hydrogen) atoms. The number of fused-ring (bicyclic) bond motifs is 4. The van der Waals surface area contributed by atoms with Crippen LogP contribution in [0.4, 0.5) is 5.69 Å². The van der Waals surface area contributed by atoms with E-state index in [2.05, 4.69) is 9.67 Å². The minimum Gasteiger partial charge on any atom is -0.494 e. The molecule has 9 nitrogen and oxygen atoms in total. The number of aryl methyl sites for hydroxylation is 6. The summed E-state index contributed by atoms with van der Waals surface area (Å²) in [5.74, 6) is -0.107. The second-order valence-electron chi connectivity index (χ2n) is 13.0. The number of anilines is 1. The van der Waals surface area contributed by atoms with E-state index in [1.807, 2.05) is 69.8 Å². The molecule has 1 N–H and O–H groups in total. The zero-order chi connectivity index (χ0) is 34.7. The zero-order valence-corrected chi connectivity index (χ0v) is 29.8. The molecule has 4 heterocycles. The normalized spacial score (nSPS) is 14.2. The third-order valence-corrected chi connectivity index (χ3v) is 10.7. The molecule has 0 unspecified atom stereocenters. The van der Waals surface area contributed by atoms with Crippen LogP contribution in [-0.2, 0) is 26.4 Å². The molecule has 0 radical (unpaired) electrons. The number of aromatic carboxylic acids is 1. The summed E-state index contributed by atoms with van der Waals surface area (Å²) in [4.78, 5) is 28.9. The molecule has 1 amide bonds. The molecule has 0 saturated heterocycles. The predicted octanol–water partition coefficient (Wildman–Crippen LogP) is 8.28. The van der Waals surface area contributed by atoms with Gasteiger partial charge in [0, 0.05) is 65.0 Å². The van der Waals surface area contributed by atoms with E-state index in [1.54, 1.807) is 11.0 Å². The second kappa shape index (κ2) is 12.8. The smallest absolute Gasteiger partial charge is 0.339 e. The molecule has 2 aliphatic heterocycles. The van der Waals surface area contributed by atoms with Gasteiger partial charge in [-0.25, -0.2) is 4.79 Å². The van der Waals surface area contributed by atoms with E-state index in [4.69, 9.17) is 32.7 Å². The van der Waals surface area contributed by atoms with E-state index in [-0.39, 0.29) is 11.5 Å². The highest BCUT2D eigenvalue weighted by molar-refractivity contribution is 6.35. The number of carbonyl (C=O) groups is 2. The van der Waals surface area contributed by atoms with Crippen LogP contribution in [0.15, 0.2) is 36.4 Å². The Morgan fingerprint density at radius 1 is 1.04 bits per heavy atom. The number of hydrogen-bond donors (Lipinski definition) is 1. The summed E-state index contributed by atoms with van der Waals surface area (Å²) in [5.41, 5.74) is 9.42. The molecule has 3 aromatic carbocycles. The molecule has 254 valence electrons. The van der Waals surface area contributed by atoms with Crippen molar-refractivity contribution in [1.29, 1.82) is 0 Å². The fraction of sp³-hybridized carbons (Fsp3) is 0.342. The van der Waals surface area contributed by atoms with Crippen molar-refractivity contribution in [3.63, 3.8) is 0 Å². The van der Waals surface area contributed by atoms with Crippen molar-refractivity contribution in [3.8, 4) is 22.6 Å². The lowest BCUT2D eigenvalue weighted by Gasteiger charge is -2.22. The van der Waals surface area contributed by atoms with Crippen molar-refractivity contribution in [2.24, 2.45) is 7.05 Å². The van der Waals surface area contributed by atoms with Gasteiger partial charge < -0.3 is 24.0 Å². The lowest BCUT2D eigenvalue weighted by Crippen LogP contribution is -2.32. The summed E-state index contributed by atoms with van der Waals surface area (Å²) in [6, 6.07) is 11.3. The summed E-state index contributed by atoms with van der Waals surface area (Å²) in [6.07, 6.45) is 2.49. The van der Waals surface area contributed by atoms with E-state index in [9.17, 15) is 14.7 Å². The Labute approximate surface area is 294 Å². The van der Waals surface area contributed by atoms with Crippen LogP contribution in [0.3, 0.4) is 0 Å². The summed E-state index contributed by atoms with van der Waals surface area (Å²) >= 11 is 13.4. The van der Waals surface area contributed by atoms with Gasteiger partial charge in [0.25, 0.3) is 5.91 Å². The predicted molar refractivity (Wildman–Crippen MR) is 192 cm³/mol. The number of hydrogen-bond acceptors (Lipinski definition) is 5. The molecule has 5 aromatic rings. The summed E-state index contributed by atoms with van der Waals surface area (Å²) in [5, 5.41) is 17.0. The maximum absolute atomic E-state index is 14.9. The number of aromatic nitrogens is 3. The van der Waals surface area contributed by atoms with Crippen LogP contribution < -0.4 is 14.4 Å². The Morgan fingerprint density at radius 3 is 2.49 bits per heavy atom. The quantitative estimate of drug-likeness (QED) is 0.164. The van der Waals surface area contributed by atoms with Gasteiger partial charge >= 0.3 is 5.97 Å². The molecule has 0 spiro atoms. The SMILES string of the molecule is Cc1cc(OCCCc2c3n(c4c(-c5c(C)nn(C)c5C)c(Cl)ccc24)CCCN(c2cc4c(c(C(=O)O)c2)OCC4)C3=O)cc(C)c1Cl.